The van der Waals surface area contributed by atoms with E-state index in [9.17, 15) is 13.6 Å². The summed E-state index contributed by atoms with van der Waals surface area (Å²) in [5, 5.41) is 10.3. The number of hydrogen-bond acceptors (Lipinski definition) is 2. The molecule has 4 nitrogen and oxygen atoms in total. The van der Waals surface area contributed by atoms with E-state index >= 15 is 0 Å². The summed E-state index contributed by atoms with van der Waals surface area (Å²) in [5.41, 5.74) is 5.23. The van der Waals surface area contributed by atoms with Gasteiger partial charge in [0.15, 0.2) is 0 Å². The Labute approximate surface area is 74.1 Å². The smallest absolute Gasteiger partial charge is 0.404 e. The molecule has 1 aliphatic carbocycles. The average molecular weight is 194 g/mol. The van der Waals surface area contributed by atoms with Crippen LogP contribution in [0.4, 0.5) is 13.6 Å². The highest BCUT2D eigenvalue weighted by Crippen LogP contribution is 2.32. The lowest BCUT2D eigenvalue weighted by Gasteiger charge is -2.35. The highest BCUT2D eigenvalue weighted by Gasteiger charge is 2.45. The van der Waals surface area contributed by atoms with Gasteiger partial charge in [0.25, 0.3) is 5.92 Å². The van der Waals surface area contributed by atoms with Crippen molar-refractivity contribution < 1.29 is 18.7 Å². The van der Waals surface area contributed by atoms with Crippen molar-refractivity contribution in [1.82, 2.24) is 5.32 Å². The Kier molecular flexibility index (Phi) is 2.70. The van der Waals surface area contributed by atoms with Crippen LogP contribution in [0.3, 0.4) is 0 Å². The van der Waals surface area contributed by atoms with E-state index in [1.165, 1.54) is 0 Å². The maximum atomic E-state index is 12.9. The van der Waals surface area contributed by atoms with Crippen molar-refractivity contribution in [1.29, 1.82) is 0 Å². The summed E-state index contributed by atoms with van der Waals surface area (Å²) in [6.07, 6.45) is -0.890. The van der Waals surface area contributed by atoms with Gasteiger partial charge >= 0.3 is 6.09 Å². The van der Waals surface area contributed by atoms with E-state index in [-0.39, 0.29) is 6.42 Å². The van der Waals surface area contributed by atoms with Gasteiger partial charge in [-0.3, -0.25) is 0 Å². The summed E-state index contributed by atoms with van der Waals surface area (Å²) in [7, 11) is 0. The quantitative estimate of drug-likeness (QED) is 0.577. The van der Waals surface area contributed by atoms with Gasteiger partial charge in [0.2, 0.25) is 0 Å². The van der Waals surface area contributed by atoms with Gasteiger partial charge in [-0.05, 0) is 12.8 Å². The summed E-state index contributed by atoms with van der Waals surface area (Å²) in [6.45, 7) is 0. The number of rotatable bonds is 1. The first-order valence-corrected chi connectivity index (χ1v) is 4.06. The molecule has 0 spiro atoms. The monoisotopic (exact) mass is 194 g/mol. The van der Waals surface area contributed by atoms with Gasteiger partial charge in [-0.25, -0.2) is 13.6 Å². The van der Waals surface area contributed by atoms with Gasteiger partial charge in [-0.15, -0.1) is 0 Å². The fourth-order valence-corrected chi connectivity index (χ4v) is 1.52. The molecule has 0 heterocycles. The molecular formula is C7H12F2N2O2. The first-order valence-electron chi connectivity index (χ1n) is 4.06. The zero-order chi connectivity index (χ0) is 10.1. The molecular weight excluding hydrogens is 182 g/mol. The molecule has 0 aromatic carbocycles. The van der Waals surface area contributed by atoms with Crippen LogP contribution in [0, 0.1) is 0 Å². The van der Waals surface area contributed by atoms with Crippen molar-refractivity contribution >= 4 is 6.09 Å². The number of halogens is 2. The Balaban J connectivity index is 2.60. The summed E-state index contributed by atoms with van der Waals surface area (Å²) in [6, 6.07) is -2.24. The molecule has 0 bridgehead atoms. The summed E-state index contributed by atoms with van der Waals surface area (Å²) < 4.78 is 25.9. The number of carboxylic acid groups (broad SMARTS) is 1. The minimum atomic E-state index is -2.95. The van der Waals surface area contributed by atoms with Gasteiger partial charge < -0.3 is 16.2 Å². The van der Waals surface area contributed by atoms with Crippen LogP contribution in [0.15, 0.2) is 0 Å². The zero-order valence-corrected chi connectivity index (χ0v) is 6.96. The van der Waals surface area contributed by atoms with Crippen molar-refractivity contribution in [3.05, 3.63) is 0 Å². The van der Waals surface area contributed by atoms with Crippen molar-refractivity contribution in [3.63, 3.8) is 0 Å². The van der Waals surface area contributed by atoms with Crippen LogP contribution >= 0.6 is 0 Å². The minimum absolute atomic E-state index is 0.258. The summed E-state index contributed by atoms with van der Waals surface area (Å²) in [5.74, 6) is -2.95. The van der Waals surface area contributed by atoms with Crippen LogP contribution in [0.5, 0.6) is 0 Å². The van der Waals surface area contributed by atoms with Crippen LogP contribution in [0.1, 0.15) is 19.3 Å². The van der Waals surface area contributed by atoms with Crippen LogP contribution in [0.2, 0.25) is 0 Å². The van der Waals surface area contributed by atoms with E-state index in [4.69, 9.17) is 10.8 Å². The van der Waals surface area contributed by atoms with Crippen LogP contribution in [-0.4, -0.2) is 29.2 Å². The molecule has 1 fully saturated rings. The number of nitrogens with two attached hydrogens (primary N) is 1. The fraction of sp³-hybridized carbons (Fsp3) is 0.857. The number of nitrogens with one attached hydrogen (secondary N) is 1. The molecule has 0 aliphatic heterocycles. The Hall–Kier alpha value is -0.910. The van der Waals surface area contributed by atoms with Gasteiger partial charge in [-0.2, -0.15) is 0 Å². The van der Waals surface area contributed by atoms with E-state index in [1.807, 2.05) is 5.32 Å². The highest BCUT2D eigenvalue weighted by atomic mass is 19.3. The lowest BCUT2D eigenvalue weighted by atomic mass is 9.88. The third-order valence-electron chi connectivity index (χ3n) is 2.26. The number of amides is 1. The highest BCUT2D eigenvalue weighted by molar-refractivity contribution is 5.65. The van der Waals surface area contributed by atoms with Crippen LogP contribution < -0.4 is 11.1 Å². The molecule has 0 aromatic rings. The van der Waals surface area contributed by atoms with Crippen molar-refractivity contribution in [2.24, 2.45) is 5.73 Å². The lowest BCUT2D eigenvalue weighted by Crippen LogP contribution is -2.58. The second kappa shape index (κ2) is 3.45. The van der Waals surface area contributed by atoms with Gasteiger partial charge in [-0.1, -0.05) is 0 Å². The molecule has 1 rings (SSSR count). The number of carbonyl (C=O) groups is 1. The lowest BCUT2D eigenvalue weighted by molar-refractivity contribution is -0.0615. The molecule has 0 saturated heterocycles. The Morgan fingerprint density at radius 1 is 1.62 bits per heavy atom. The molecule has 13 heavy (non-hydrogen) atoms. The molecule has 6 heteroatoms. The third-order valence-corrected chi connectivity index (χ3v) is 2.26. The summed E-state index contributed by atoms with van der Waals surface area (Å²) >= 11 is 0. The molecule has 1 amide bonds. The Morgan fingerprint density at radius 3 is 2.77 bits per heavy atom. The SMILES string of the molecule is N[C@H]1[C@@H](NC(=O)O)CCCC1(F)F. The third kappa shape index (κ3) is 2.27. The first kappa shape index (κ1) is 10.2. The van der Waals surface area contributed by atoms with E-state index in [1.54, 1.807) is 0 Å². The Bertz CT molecular complexity index is 211. The molecule has 0 unspecified atom stereocenters. The van der Waals surface area contributed by atoms with Crippen molar-refractivity contribution in [2.75, 3.05) is 0 Å². The van der Waals surface area contributed by atoms with Gasteiger partial charge in [0.05, 0.1) is 12.1 Å². The van der Waals surface area contributed by atoms with E-state index in [0.717, 1.165) is 0 Å². The molecule has 0 radical (unpaired) electrons. The van der Waals surface area contributed by atoms with E-state index in [0.29, 0.717) is 12.8 Å². The molecule has 2 atom stereocenters. The predicted octanol–water partition coefficient (Wildman–Crippen LogP) is 0.769. The molecule has 76 valence electrons. The molecule has 1 aliphatic rings. The number of hydrogen-bond donors (Lipinski definition) is 3. The second-order valence-electron chi connectivity index (χ2n) is 3.24. The van der Waals surface area contributed by atoms with E-state index in [2.05, 4.69) is 0 Å². The fourth-order valence-electron chi connectivity index (χ4n) is 1.52. The van der Waals surface area contributed by atoms with Crippen LogP contribution in [-0.2, 0) is 0 Å². The molecule has 4 N–H and O–H groups in total. The van der Waals surface area contributed by atoms with Gasteiger partial charge in [0, 0.05) is 6.42 Å². The first-order chi connectivity index (χ1) is 5.93. The number of alkyl halides is 2. The minimum Gasteiger partial charge on any atom is -0.465 e. The molecule has 1 saturated carbocycles. The van der Waals surface area contributed by atoms with Crippen molar-refractivity contribution in [2.45, 2.75) is 37.3 Å². The Morgan fingerprint density at radius 2 is 2.23 bits per heavy atom. The molecule has 0 aromatic heterocycles. The van der Waals surface area contributed by atoms with Crippen molar-refractivity contribution in [3.8, 4) is 0 Å². The summed E-state index contributed by atoms with van der Waals surface area (Å²) in [4.78, 5) is 10.2. The average Bonchev–Trinajstić information content (AvgIpc) is 1.98. The maximum Gasteiger partial charge on any atom is 0.404 e. The van der Waals surface area contributed by atoms with Crippen LogP contribution in [0.25, 0.3) is 0 Å². The standard InChI is InChI=1S/C7H12F2N2O2/c8-7(9)3-1-2-4(5(7)10)11-6(12)13/h4-5,11H,1-3,10H2,(H,12,13)/t4-,5-/m0/s1. The van der Waals surface area contributed by atoms with Gasteiger partial charge in [0.1, 0.15) is 0 Å². The van der Waals surface area contributed by atoms with E-state index < -0.39 is 24.1 Å². The largest absolute Gasteiger partial charge is 0.465 e. The second-order valence-corrected chi connectivity index (χ2v) is 3.24. The maximum absolute atomic E-state index is 12.9. The topological polar surface area (TPSA) is 75.3 Å². The normalized spacial score (nSPS) is 32.5. The predicted molar refractivity (Wildman–Crippen MR) is 41.7 cm³/mol. The zero-order valence-electron chi connectivity index (χ0n) is 6.96.